The number of hydrogen-bond acceptors (Lipinski definition) is 6. The second-order valence-electron chi connectivity index (χ2n) is 8.53. The molecule has 7 nitrogen and oxygen atoms in total. The molecule has 1 aromatic carbocycles. The van der Waals surface area contributed by atoms with Crippen LogP contribution in [-0.2, 0) is 19.6 Å². The molecular formula is C22H26N2O5S2. The molecule has 5 rings (SSSR count). The van der Waals surface area contributed by atoms with Crippen molar-refractivity contribution in [3.8, 4) is 5.75 Å². The molecule has 3 atom stereocenters. The number of hydrogen-bond donors (Lipinski definition) is 1. The van der Waals surface area contributed by atoms with Crippen LogP contribution >= 0.6 is 11.3 Å². The molecule has 3 aliphatic rings. The summed E-state index contributed by atoms with van der Waals surface area (Å²) < 4.78 is 40.1. The number of carbonyl (C=O) groups excluding carboxylic acids is 1. The molecule has 0 spiro atoms. The summed E-state index contributed by atoms with van der Waals surface area (Å²) in [5, 5.41) is 4.78. The normalized spacial score (nSPS) is 25.3. The first-order chi connectivity index (χ1) is 14.8. The third kappa shape index (κ3) is 3.67. The number of aryl methyl sites for hydroxylation is 1. The van der Waals surface area contributed by atoms with Crippen LogP contribution in [0.25, 0.3) is 0 Å². The molecular weight excluding hydrogens is 436 g/mol. The maximum atomic E-state index is 13.4. The molecule has 1 fully saturated rings. The van der Waals surface area contributed by atoms with Gasteiger partial charge in [0.15, 0.2) is 6.61 Å². The molecule has 166 valence electrons. The number of sulfonamides is 1. The first kappa shape index (κ1) is 20.9. The minimum atomic E-state index is -3.79. The van der Waals surface area contributed by atoms with E-state index in [4.69, 9.17) is 9.47 Å². The molecule has 1 saturated carbocycles. The second-order valence-corrected chi connectivity index (χ2v) is 11.5. The summed E-state index contributed by atoms with van der Waals surface area (Å²) in [6.07, 6.45) is 4.43. The Hall–Kier alpha value is -1.94. The molecule has 0 radical (unpaired) electrons. The molecule has 3 heterocycles. The highest BCUT2D eigenvalue weighted by molar-refractivity contribution is 7.89. The predicted molar refractivity (Wildman–Crippen MR) is 118 cm³/mol. The number of rotatable bonds is 4. The number of likely N-dealkylation sites (N-methyl/N-ethyl adjacent to an activating group) is 1. The van der Waals surface area contributed by atoms with Gasteiger partial charge in [0.1, 0.15) is 5.75 Å². The van der Waals surface area contributed by atoms with E-state index < -0.39 is 10.0 Å². The van der Waals surface area contributed by atoms with Crippen LogP contribution in [0, 0.1) is 6.92 Å². The van der Waals surface area contributed by atoms with Gasteiger partial charge in [0, 0.05) is 24.4 Å². The summed E-state index contributed by atoms with van der Waals surface area (Å²) in [4.78, 5) is 13.2. The van der Waals surface area contributed by atoms with Crippen LogP contribution in [0.15, 0.2) is 28.5 Å². The third-order valence-corrected chi connectivity index (χ3v) is 9.50. The van der Waals surface area contributed by atoms with Crippen molar-refractivity contribution in [3.05, 3.63) is 39.6 Å². The monoisotopic (exact) mass is 462 g/mol. The van der Waals surface area contributed by atoms with Crippen molar-refractivity contribution >= 4 is 33.0 Å². The maximum absolute atomic E-state index is 13.4. The lowest BCUT2D eigenvalue weighted by Gasteiger charge is -2.40. The van der Waals surface area contributed by atoms with Gasteiger partial charge in [-0.1, -0.05) is 12.8 Å². The number of benzene rings is 1. The number of carbonyl (C=O) groups is 1. The molecule has 9 heteroatoms. The largest absolute Gasteiger partial charge is 0.482 e. The lowest BCUT2D eigenvalue weighted by atomic mass is 9.81. The number of nitrogens with zero attached hydrogens (tertiary/aromatic N) is 1. The first-order valence-electron chi connectivity index (χ1n) is 10.6. The van der Waals surface area contributed by atoms with Gasteiger partial charge in [0.05, 0.1) is 22.8 Å². The van der Waals surface area contributed by atoms with Crippen molar-refractivity contribution in [2.45, 2.75) is 55.6 Å². The van der Waals surface area contributed by atoms with Gasteiger partial charge in [0.25, 0.3) is 5.91 Å². The van der Waals surface area contributed by atoms with Crippen molar-refractivity contribution in [1.82, 2.24) is 4.31 Å². The fourth-order valence-electron chi connectivity index (χ4n) is 4.87. The zero-order chi connectivity index (χ0) is 21.8. The second kappa shape index (κ2) is 7.88. The Labute approximate surface area is 186 Å². The van der Waals surface area contributed by atoms with Gasteiger partial charge in [-0.25, -0.2) is 8.42 Å². The van der Waals surface area contributed by atoms with Crippen molar-refractivity contribution in [2.24, 2.45) is 0 Å². The summed E-state index contributed by atoms with van der Waals surface area (Å²) in [7, 11) is -2.20. The van der Waals surface area contributed by atoms with Crippen molar-refractivity contribution in [3.63, 3.8) is 0 Å². The number of anilines is 1. The van der Waals surface area contributed by atoms with Crippen molar-refractivity contribution in [1.29, 1.82) is 0 Å². The van der Waals surface area contributed by atoms with E-state index in [2.05, 4.69) is 16.8 Å². The Bertz CT molecular complexity index is 1130. The Morgan fingerprint density at radius 1 is 1.26 bits per heavy atom. The van der Waals surface area contributed by atoms with Crippen LogP contribution in [0.5, 0.6) is 5.75 Å². The number of ether oxygens (including phenoxy) is 2. The highest BCUT2D eigenvalue weighted by Crippen LogP contribution is 2.47. The average molecular weight is 463 g/mol. The van der Waals surface area contributed by atoms with Gasteiger partial charge >= 0.3 is 0 Å². The van der Waals surface area contributed by atoms with E-state index in [1.54, 1.807) is 31.4 Å². The molecule has 1 aromatic heterocycles. The standard InChI is InChI=1S/C22H26N2O5S2/c1-13-9-18-16(23-21(25)12-28-18)10-20(13)31(26,27)24(2)11-19-15-7-8-30-22(15)14-5-3-4-6-17(14)29-19/h7-10,14,17,19H,3-6,11-12H2,1-2H3,(H,23,25). The van der Waals surface area contributed by atoms with Crippen LogP contribution in [0.2, 0.25) is 0 Å². The zero-order valence-electron chi connectivity index (χ0n) is 17.6. The van der Waals surface area contributed by atoms with Crippen molar-refractivity contribution < 1.29 is 22.7 Å². The maximum Gasteiger partial charge on any atom is 0.262 e. The summed E-state index contributed by atoms with van der Waals surface area (Å²) >= 11 is 1.76. The Morgan fingerprint density at radius 3 is 2.90 bits per heavy atom. The topological polar surface area (TPSA) is 84.9 Å². The lowest BCUT2D eigenvalue weighted by Crippen LogP contribution is -2.38. The number of nitrogens with one attached hydrogen (secondary N) is 1. The molecule has 1 aliphatic carbocycles. The quantitative estimate of drug-likeness (QED) is 0.747. The van der Waals surface area contributed by atoms with Crippen LogP contribution < -0.4 is 10.1 Å². The molecule has 2 aliphatic heterocycles. The van der Waals surface area contributed by atoms with Gasteiger partial charge < -0.3 is 14.8 Å². The fraction of sp³-hybridized carbons (Fsp3) is 0.500. The van der Waals surface area contributed by atoms with Gasteiger partial charge in [-0.3, -0.25) is 4.79 Å². The van der Waals surface area contributed by atoms with E-state index in [0.717, 1.165) is 24.8 Å². The Balaban J connectivity index is 1.42. The number of amides is 1. The van der Waals surface area contributed by atoms with Gasteiger partial charge in [-0.05, 0) is 54.5 Å². The lowest BCUT2D eigenvalue weighted by molar-refractivity contribution is -0.118. The Kier molecular flexibility index (Phi) is 5.32. The SMILES string of the molecule is Cc1cc2c(cc1S(=O)(=O)N(C)CC1OC3CCCCC3c3sccc31)NC(=O)CO2. The average Bonchev–Trinajstić information content (AvgIpc) is 3.24. The highest BCUT2D eigenvalue weighted by Gasteiger charge is 2.39. The predicted octanol–water partition coefficient (Wildman–Crippen LogP) is 3.81. The van der Waals surface area contributed by atoms with E-state index in [9.17, 15) is 13.2 Å². The van der Waals surface area contributed by atoms with E-state index in [-0.39, 0.29) is 36.2 Å². The molecule has 3 unspecified atom stereocenters. The minimum absolute atomic E-state index is 0.0669. The number of fused-ring (bicyclic) bond motifs is 4. The first-order valence-corrected chi connectivity index (χ1v) is 12.9. The van der Waals surface area contributed by atoms with Crippen LogP contribution in [0.1, 0.15) is 53.7 Å². The van der Waals surface area contributed by atoms with E-state index in [1.807, 2.05) is 0 Å². The molecule has 0 saturated heterocycles. The fourth-order valence-corrected chi connectivity index (χ4v) is 7.41. The Morgan fingerprint density at radius 2 is 2.06 bits per heavy atom. The van der Waals surface area contributed by atoms with Gasteiger partial charge in [-0.15, -0.1) is 11.3 Å². The summed E-state index contributed by atoms with van der Waals surface area (Å²) in [6, 6.07) is 5.23. The van der Waals surface area contributed by atoms with Crippen LogP contribution in [0.3, 0.4) is 0 Å². The molecule has 0 bridgehead atoms. The minimum Gasteiger partial charge on any atom is -0.482 e. The number of thiophene rings is 1. The van der Waals surface area contributed by atoms with Crippen molar-refractivity contribution in [2.75, 3.05) is 25.5 Å². The highest BCUT2D eigenvalue weighted by atomic mass is 32.2. The van der Waals surface area contributed by atoms with Crippen LogP contribution in [0.4, 0.5) is 5.69 Å². The molecule has 2 aromatic rings. The molecule has 1 amide bonds. The molecule has 1 N–H and O–H groups in total. The molecule has 31 heavy (non-hydrogen) atoms. The van der Waals surface area contributed by atoms with E-state index in [0.29, 0.717) is 22.9 Å². The van der Waals surface area contributed by atoms with E-state index >= 15 is 0 Å². The third-order valence-electron chi connectivity index (χ3n) is 6.47. The van der Waals surface area contributed by atoms with Gasteiger partial charge in [-0.2, -0.15) is 4.31 Å². The van der Waals surface area contributed by atoms with Crippen LogP contribution in [-0.4, -0.2) is 44.9 Å². The smallest absolute Gasteiger partial charge is 0.262 e. The summed E-state index contributed by atoms with van der Waals surface area (Å²) in [5.41, 5.74) is 2.08. The summed E-state index contributed by atoms with van der Waals surface area (Å²) in [5.74, 6) is 0.629. The van der Waals surface area contributed by atoms with E-state index in [1.165, 1.54) is 21.7 Å². The summed E-state index contributed by atoms with van der Waals surface area (Å²) in [6.45, 7) is 1.92. The van der Waals surface area contributed by atoms with Gasteiger partial charge in [0.2, 0.25) is 10.0 Å². The zero-order valence-corrected chi connectivity index (χ0v) is 19.2.